The van der Waals surface area contributed by atoms with Crippen molar-refractivity contribution in [2.75, 3.05) is 0 Å². The van der Waals surface area contributed by atoms with Crippen LogP contribution in [0, 0.1) is 5.41 Å². The molecular weight excluding hydrogens is 216 g/mol. The first kappa shape index (κ1) is 10.5. The van der Waals surface area contributed by atoms with Crippen LogP contribution in [0.4, 0.5) is 0 Å². The third kappa shape index (κ3) is 1.97. The summed E-state index contributed by atoms with van der Waals surface area (Å²) in [6, 6.07) is 1.86. The van der Waals surface area contributed by atoms with Crippen LogP contribution in [-0.4, -0.2) is 5.11 Å². The standard InChI is InChI=1S/C11H15ClOS/c1-11(4-2-5-11)7-9(13)10-8(12)3-6-14-10/h3,6,9,13H,2,4-5,7H2,1H3. The van der Waals surface area contributed by atoms with Crippen LogP contribution >= 0.6 is 22.9 Å². The Morgan fingerprint density at radius 3 is 2.79 bits per heavy atom. The van der Waals surface area contributed by atoms with E-state index in [1.807, 2.05) is 11.4 Å². The van der Waals surface area contributed by atoms with Gasteiger partial charge in [0.15, 0.2) is 0 Å². The molecule has 1 aromatic rings. The molecule has 0 radical (unpaired) electrons. The third-order valence-electron chi connectivity index (χ3n) is 3.19. The monoisotopic (exact) mass is 230 g/mol. The number of thiophene rings is 1. The minimum atomic E-state index is -0.368. The van der Waals surface area contributed by atoms with Crippen molar-refractivity contribution in [3.05, 3.63) is 21.3 Å². The summed E-state index contributed by atoms with van der Waals surface area (Å²) in [7, 11) is 0. The second-order valence-corrected chi connectivity index (χ2v) is 5.87. The van der Waals surface area contributed by atoms with Gasteiger partial charge in [0.05, 0.1) is 16.0 Å². The highest BCUT2D eigenvalue weighted by Crippen LogP contribution is 2.47. The molecule has 1 fully saturated rings. The fraction of sp³-hybridized carbons (Fsp3) is 0.636. The molecule has 0 aliphatic heterocycles. The summed E-state index contributed by atoms with van der Waals surface area (Å²) in [5, 5.41) is 12.7. The maximum atomic E-state index is 10.0. The molecule has 1 unspecified atom stereocenters. The van der Waals surface area contributed by atoms with Gasteiger partial charge in [0.2, 0.25) is 0 Å². The molecule has 1 atom stereocenters. The van der Waals surface area contributed by atoms with E-state index in [2.05, 4.69) is 6.92 Å². The Balaban J connectivity index is 2.02. The summed E-state index contributed by atoms with van der Waals surface area (Å²) < 4.78 is 0. The zero-order valence-electron chi connectivity index (χ0n) is 8.29. The highest BCUT2D eigenvalue weighted by atomic mass is 35.5. The van der Waals surface area contributed by atoms with E-state index in [0.29, 0.717) is 10.4 Å². The van der Waals surface area contributed by atoms with E-state index in [-0.39, 0.29) is 6.10 Å². The van der Waals surface area contributed by atoms with Gasteiger partial charge in [-0.2, -0.15) is 0 Å². The first-order chi connectivity index (χ1) is 6.61. The Hall–Kier alpha value is -0.0500. The van der Waals surface area contributed by atoms with Crippen LogP contribution in [0.15, 0.2) is 11.4 Å². The summed E-state index contributed by atoms with van der Waals surface area (Å²) in [5.41, 5.74) is 0.354. The second-order valence-electron chi connectivity index (χ2n) is 4.52. The number of hydrogen-bond donors (Lipinski definition) is 1. The topological polar surface area (TPSA) is 20.2 Å². The van der Waals surface area contributed by atoms with Crippen LogP contribution in [0.2, 0.25) is 5.02 Å². The zero-order valence-corrected chi connectivity index (χ0v) is 9.87. The predicted molar refractivity (Wildman–Crippen MR) is 60.9 cm³/mol. The summed E-state index contributed by atoms with van der Waals surface area (Å²) >= 11 is 7.53. The van der Waals surface area contributed by atoms with Crippen molar-refractivity contribution < 1.29 is 5.11 Å². The molecule has 2 rings (SSSR count). The third-order valence-corrected chi connectivity index (χ3v) is 4.65. The molecule has 14 heavy (non-hydrogen) atoms. The fourth-order valence-electron chi connectivity index (χ4n) is 2.09. The molecule has 1 aliphatic rings. The molecule has 1 saturated carbocycles. The SMILES string of the molecule is CC1(CC(O)c2sccc2Cl)CCC1. The van der Waals surface area contributed by atoms with Gasteiger partial charge in [-0.25, -0.2) is 0 Å². The van der Waals surface area contributed by atoms with E-state index in [1.165, 1.54) is 19.3 Å². The van der Waals surface area contributed by atoms with Crippen molar-refractivity contribution in [2.45, 2.75) is 38.7 Å². The van der Waals surface area contributed by atoms with Crippen LogP contribution in [0.1, 0.15) is 43.6 Å². The van der Waals surface area contributed by atoms with Crippen molar-refractivity contribution in [3.63, 3.8) is 0 Å². The lowest BCUT2D eigenvalue weighted by atomic mass is 9.67. The lowest BCUT2D eigenvalue weighted by Crippen LogP contribution is -2.27. The largest absolute Gasteiger partial charge is 0.388 e. The summed E-state index contributed by atoms with van der Waals surface area (Å²) in [4.78, 5) is 0.930. The average molecular weight is 231 g/mol. The minimum Gasteiger partial charge on any atom is -0.388 e. The van der Waals surface area contributed by atoms with Crippen LogP contribution < -0.4 is 0 Å². The van der Waals surface area contributed by atoms with Crippen LogP contribution in [0.3, 0.4) is 0 Å². The molecule has 1 heterocycles. The quantitative estimate of drug-likeness (QED) is 0.832. The van der Waals surface area contributed by atoms with E-state index in [0.717, 1.165) is 11.3 Å². The van der Waals surface area contributed by atoms with Gasteiger partial charge in [0.1, 0.15) is 0 Å². The summed E-state index contributed by atoms with van der Waals surface area (Å²) in [5.74, 6) is 0. The molecule has 0 amide bonds. The first-order valence-electron chi connectivity index (χ1n) is 5.02. The van der Waals surface area contributed by atoms with Crippen LogP contribution in [-0.2, 0) is 0 Å². The Morgan fingerprint density at radius 1 is 1.64 bits per heavy atom. The average Bonchev–Trinajstić information content (AvgIpc) is 2.48. The van der Waals surface area contributed by atoms with Gasteiger partial charge < -0.3 is 5.11 Å². The Morgan fingerprint density at radius 2 is 2.36 bits per heavy atom. The normalized spacial score (nSPS) is 21.6. The van der Waals surface area contributed by atoms with Crippen molar-refractivity contribution in [1.82, 2.24) is 0 Å². The van der Waals surface area contributed by atoms with Gasteiger partial charge in [-0.15, -0.1) is 11.3 Å². The van der Waals surface area contributed by atoms with Crippen LogP contribution in [0.25, 0.3) is 0 Å². The lowest BCUT2D eigenvalue weighted by Gasteiger charge is -2.39. The van der Waals surface area contributed by atoms with Crippen molar-refractivity contribution >= 4 is 22.9 Å². The number of aliphatic hydroxyl groups is 1. The molecule has 78 valence electrons. The van der Waals surface area contributed by atoms with Gasteiger partial charge in [-0.05, 0) is 36.1 Å². The Labute approximate surface area is 93.7 Å². The summed E-state index contributed by atoms with van der Waals surface area (Å²) in [6.07, 6.45) is 4.28. The van der Waals surface area contributed by atoms with E-state index in [4.69, 9.17) is 11.6 Å². The molecule has 3 heteroatoms. The molecule has 0 saturated heterocycles. The molecule has 1 N–H and O–H groups in total. The maximum Gasteiger partial charge on any atom is 0.0902 e. The smallest absolute Gasteiger partial charge is 0.0902 e. The second kappa shape index (κ2) is 3.84. The van der Waals surface area contributed by atoms with Gasteiger partial charge in [0, 0.05) is 0 Å². The minimum absolute atomic E-state index is 0.354. The highest BCUT2D eigenvalue weighted by molar-refractivity contribution is 7.10. The predicted octanol–water partition coefficient (Wildman–Crippen LogP) is 4.02. The fourth-order valence-corrected chi connectivity index (χ4v) is 3.26. The number of halogens is 1. The summed E-state index contributed by atoms with van der Waals surface area (Å²) in [6.45, 7) is 2.25. The molecule has 1 aliphatic carbocycles. The van der Waals surface area contributed by atoms with E-state index < -0.39 is 0 Å². The van der Waals surface area contributed by atoms with Gasteiger partial charge >= 0.3 is 0 Å². The van der Waals surface area contributed by atoms with Crippen molar-refractivity contribution in [1.29, 1.82) is 0 Å². The number of hydrogen-bond acceptors (Lipinski definition) is 2. The van der Waals surface area contributed by atoms with Gasteiger partial charge in [-0.3, -0.25) is 0 Å². The molecule has 1 nitrogen and oxygen atoms in total. The van der Waals surface area contributed by atoms with Crippen molar-refractivity contribution in [3.8, 4) is 0 Å². The van der Waals surface area contributed by atoms with E-state index in [9.17, 15) is 5.11 Å². The van der Waals surface area contributed by atoms with Crippen LogP contribution in [0.5, 0.6) is 0 Å². The highest BCUT2D eigenvalue weighted by Gasteiger charge is 2.34. The Bertz CT molecular complexity index is 317. The van der Waals surface area contributed by atoms with Gasteiger partial charge in [0.25, 0.3) is 0 Å². The first-order valence-corrected chi connectivity index (χ1v) is 6.27. The van der Waals surface area contributed by atoms with E-state index >= 15 is 0 Å². The molecule has 0 aromatic carbocycles. The zero-order chi connectivity index (χ0) is 10.2. The number of aliphatic hydroxyl groups excluding tert-OH is 1. The van der Waals surface area contributed by atoms with Gasteiger partial charge in [-0.1, -0.05) is 24.9 Å². The molecule has 0 spiro atoms. The maximum absolute atomic E-state index is 10.0. The number of rotatable bonds is 3. The van der Waals surface area contributed by atoms with E-state index in [1.54, 1.807) is 11.3 Å². The molecule has 0 bridgehead atoms. The Kier molecular flexibility index (Phi) is 2.87. The van der Waals surface area contributed by atoms with Crippen molar-refractivity contribution in [2.24, 2.45) is 5.41 Å². The molecule has 1 aromatic heterocycles. The molecular formula is C11H15ClOS. The lowest BCUT2D eigenvalue weighted by molar-refractivity contribution is 0.0565.